The molecule has 27 heavy (non-hydrogen) atoms. The van der Waals surface area contributed by atoms with Gasteiger partial charge in [-0.3, -0.25) is 14.4 Å². The van der Waals surface area contributed by atoms with Gasteiger partial charge in [0, 0.05) is 10.2 Å². The predicted molar refractivity (Wildman–Crippen MR) is 103 cm³/mol. The van der Waals surface area contributed by atoms with Crippen molar-refractivity contribution in [2.75, 3.05) is 5.75 Å². The third-order valence-electron chi connectivity index (χ3n) is 4.70. The summed E-state index contributed by atoms with van der Waals surface area (Å²) in [6, 6.07) is 4.44. The summed E-state index contributed by atoms with van der Waals surface area (Å²) in [6.07, 6.45) is 0. The van der Waals surface area contributed by atoms with Gasteiger partial charge in [0.1, 0.15) is 5.75 Å². The highest BCUT2D eigenvalue weighted by Gasteiger charge is 2.75. The van der Waals surface area contributed by atoms with Gasteiger partial charge in [-0.25, -0.2) is 0 Å². The van der Waals surface area contributed by atoms with E-state index in [0.717, 1.165) is 32.5 Å². The van der Waals surface area contributed by atoms with Gasteiger partial charge in [-0.1, -0.05) is 11.6 Å². The topological polar surface area (TPSA) is 121 Å². The average Bonchev–Trinajstić information content (AvgIpc) is 2.58. The summed E-state index contributed by atoms with van der Waals surface area (Å²) in [7, 11) is 0. The summed E-state index contributed by atoms with van der Waals surface area (Å²) in [5.74, 6) is -3.41. The van der Waals surface area contributed by atoms with Crippen LogP contribution in [0, 0.1) is 0 Å². The molecule has 0 radical (unpaired) electrons. The summed E-state index contributed by atoms with van der Waals surface area (Å²) < 4.78 is 6.14. The molecule has 0 spiro atoms. The van der Waals surface area contributed by atoms with E-state index >= 15 is 0 Å². The van der Waals surface area contributed by atoms with Crippen LogP contribution in [0.25, 0.3) is 0 Å². The number of hydrogen-bond donors (Lipinski definition) is 3. The average molecular weight is 482 g/mol. The number of benzene rings is 1. The number of carbonyl (C=O) groups is 3. The molecule has 0 amide bonds. The minimum Gasteiger partial charge on any atom is -0.476 e. The minimum atomic E-state index is -3.09. The lowest BCUT2D eigenvalue weighted by Gasteiger charge is -2.54. The first-order valence-electron chi connectivity index (χ1n) is 7.76. The summed E-state index contributed by atoms with van der Waals surface area (Å²) in [5, 5.41) is 33.4. The van der Waals surface area contributed by atoms with E-state index in [9.17, 15) is 29.7 Å². The van der Waals surface area contributed by atoms with Crippen LogP contribution in [0.3, 0.4) is 0 Å². The quantitative estimate of drug-likeness (QED) is 0.579. The molecular weight excluding hydrogens is 464 g/mol. The molecule has 3 N–H and O–H groups in total. The molecule has 1 aromatic rings. The summed E-state index contributed by atoms with van der Waals surface area (Å²) in [6.45, 7) is 2.79. The number of rotatable bonds is 5. The zero-order valence-electron chi connectivity index (χ0n) is 14.7. The van der Waals surface area contributed by atoms with Gasteiger partial charge in [0.2, 0.25) is 5.60 Å². The molecule has 1 aromatic carbocycles. The maximum Gasteiger partial charge on any atom is 0.208 e. The number of carbonyl (C=O) groups excluding carboxylic acids is 3. The van der Waals surface area contributed by atoms with Crippen LogP contribution in [-0.2, 0) is 14.4 Å². The maximum atomic E-state index is 12.4. The molecule has 1 fully saturated rings. The van der Waals surface area contributed by atoms with E-state index in [4.69, 9.17) is 16.3 Å². The van der Waals surface area contributed by atoms with E-state index < -0.39 is 45.3 Å². The van der Waals surface area contributed by atoms with E-state index in [1.165, 1.54) is 18.2 Å². The minimum absolute atomic E-state index is 0.183. The third kappa shape index (κ3) is 3.24. The molecule has 0 unspecified atom stereocenters. The van der Waals surface area contributed by atoms with Crippen molar-refractivity contribution in [1.29, 1.82) is 0 Å². The first-order chi connectivity index (χ1) is 12.3. The molecule has 1 heterocycles. The van der Waals surface area contributed by atoms with Crippen molar-refractivity contribution in [3.05, 3.63) is 27.7 Å². The van der Waals surface area contributed by atoms with E-state index in [-0.39, 0.29) is 5.75 Å². The second kappa shape index (κ2) is 7.46. The Bertz CT molecular complexity index is 818. The molecule has 1 aliphatic heterocycles. The smallest absolute Gasteiger partial charge is 0.208 e. The van der Waals surface area contributed by atoms with Gasteiger partial charge in [-0.2, -0.15) is 0 Å². The Kier molecular flexibility index (Phi) is 6.16. The standard InChI is InChI=1S/C17H18BrClO7S/c1-8(20)15(23)7-27-14(26-11-4-5-13(19)12(18)6-11)16(24,9(2)21)17(15,25)10(3)22/h4-6,14,23-25H,7H2,1-3H3/t14-,15-,16-,17-/m0/s1. The molecule has 4 atom stereocenters. The van der Waals surface area contributed by atoms with Crippen LogP contribution in [0.5, 0.6) is 5.75 Å². The van der Waals surface area contributed by atoms with Crippen molar-refractivity contribution in [3.63, 3.8) is 0 Å². The van der Waals surface area contributed by atoms with Crippen LogP contribution >= 0.6 is 39.3 Å². The van der Waals surface area contributed by atoms with E-state index in [2.05, 4.69) is 15.9 Å². The highest BCUT2D eigenvalue weighted by atomic mass is 79.9. The van der Waals surface area contributed by atoms with Gasteiger partial charge in [-0.15, -0.1) is 11.8 Å². The molecule has 0 aromatic heterocycles. The first kappa shape index (κ1) is 22.3. The van der Waals surface area contributed by atoms with Crippen molar-refractivity contribution in [1.82, 2.24) is 0 Å². The highest BCUT2D eigenvalue weighted by molar-refractivity contribution is 9.10. The van der Waals surface area contributed by atoms with Crippen LogP contribution in [0.1, 0.15) is 20.8 Å². The summed E-state index contributed by atoms with van der Waals surface area (Å²) >= 11 is 9.87. The molecule has 1 saturated heterocycles. The summed E-state index contributed by atoms with van der Waals surface area (Å²) in [4.78, 5) is 36.7. The fourth-order valence-electron chi connectivity index (χ4n) is 3.04. The second-order valence-corrected chi connectivity index (χ2v) is 8.65. The lowest BCUT2D eigenvalue weighted by molar-refractivity contribution is -0.236. The first-order valence-corrected chi connectivity index (χ1v) is 9.98. The fraction of sp³-hybridized carbons (Fsp3) is 0.471. The van der Waals surface area contributed by atoms with E-state index in [1.807, 2.05) is 0 Å². The van der Waals surface area contributed by atoms with Gasteiger partial charge in [0.25, 0.3) is 0 Å². The molecule has 0 aliphatic carbocycles. The Morgan fingerprint density at radius 1 is 1.15 bits per heavy atom. The van der Waals surface area contributed by atoms with E-state index in [1.54, 1.807) is 0 Å². The van der Waals surface area contributed by atoms with Gasteiger partial charge in [0.15, 0.2) is 34.0 Å². The number of thioether (sulfide) groups is 1. The lowest BCUT2D eigenvalue weighted by atomic mass is 9.65. The monoisotopic (exact) mass is 480 g/mol. The van der Waals surface area contributed by atoms with Crippen molar-refractivity contribution in [3.8, 4) is 5.75 Å². The van der Waals surface area contributed by atoms with Gasteiger partial charge >= 0.3 is 0 Å². The SMILES string of the molecule is CC(=O)[C@]1(O)[C@@](O)(C(C)=O)CS[C@H](Oc2ccc(Cl)c(Br)c2)[C@@]1(O)C(C)=O. The molecular formula is C17H18BrClO7S. The van der Waals surface area contributed by atoms with Crippen molar-refractivity contribution < 1.29 is 34.4 Å². The van der Waals surface area contributed by atoms with Crippen LogP contribution in [0.4, 0.5) is 0 Å². The molecule has 0 saturated carbocycles. The third-order valence-corrected chi connectivity index (χ3v) is 7.24. The zero-order valence-corrected chi connectivity index (χ0v) is 17.8. The Hall–Kier alpha value is -0.970. The number of ether oxygens (including phenoxy) is 1. The van der Waals surface area contributed by atoms with Crippen molar-refractivity contribution in [2.45, 2.75) is 43.0 Å². The molecule has 2 rings (SSSR count). The largest absolute Gasteiger partial charge is 0.476 e. The van der Waals surface area contributed by atoms with Crippen LogP contribution in [-0.4, -0.2) is 60.7 Å². The Balaban J connectivity index is 2.60. The predicted octanol–water partition coefficient (Wildman–Crippen LogP) is 1.51. The van der Waals surface area contributed by atoms with E-state index in [0.29, 0.717) is 9.50 Å². The van der Waals surface area contributed by atoms with Gasteiger partial charge < -0.3 is 20.1 Å². The Labute approximate surface area is 173 Å². The normalized spacial score (nSPS) is 33.4. The molecule has 10 heteroatoms. The number of halogens is 2. The number of Topliss-reactive ketones (excluding diaryl/α,β-unsaturated/α-hetero) is 3. The number of aliphatic hydroxyl groups is 3. The highest BCUT2D eigenvalue weighted by Crippen LogP contribution is 2.49. The number of ketones is 3. The molecule has 7 nitrogen and oxygen atoms in total. The van der Waals surface area contributed by atoms with Gasteiger partial charge in [-0.05, 0) is 54.9 Å². The van der Waals surface area contributed by atoms with Crippen molar-refractivity contribution >= 4 is 56.6 Å². The maximum absolute atomic E-state index is 12.4. The molecule has 148 valence electrons. The van der Waals surface area contributed by atoms with Crippen molar-refractivity contribution in [2.24, 2.45) is 0 Å². The Morgan fingerprint density at radius 3 is 2.19 bits per heavy atom. The Morgan fingerprint density at radius 2 is 1.74 bits per heavy atom. The fourth-order valence-corrected chi connectivity index (χ4v) is 5.07. The zero-order chi connectivity index (χ0) is 20.8. The lowest BCUT2D eigenvalue weighted by Crippen LogP contribution is -2.82. The molecule has 1 aliphatic rings. The van der Waals surface area contributed by atoms with Crippen LogP contribution < -0.4 is 4.74 Å². The molecule has 0 bridgehead atoms. The second-order valence-electron chi connectivity index (χ2n) is 6.34. The number of hydrogen-bond acceptors (Lipinski definition) is 8. The summed E-state index contributed by atoms with van der Waals surface area (Å²) in [5.41, 5.74) is -10.1. The van der Waals surface area contributed by atoms with Gasteiger partial charge in [0.05, 0.1) is 5.02 Å². The van der Waals surface area contributed by atoms with Crippen LogP contribution in [0.15, 0.2) is 22.7 Å². The van der Waals surface area contributed by atoms with Crippen LogP contribution in [0.2, 0.25) is 5.02 Å².